The summed E-state index contributed by atoms with van der Waals surface area (Å²) in [4.78, 5) is 24.3. The van der Waals surface area contributed by atoms with Gasteiger partial charge in [-0.25, -0.2) is 13.2 Å². The van der Waals surface area contributed by atoms with E-state index in [4.69, 9.17) is 16.3 Å². The molecule has 1 N–H and O–H groups in total. The molecule has 30 heavy (non-hydrogen) atoms. The fourth-order valence-corrected chi connectivity index (χ4v) is 4.80. The maximum absolute atomic E-state index is 12.8. The maximum atomic E-state index is 12.8. The second-order valence-electron chi connectivity index (χ2n) is 6.97. The predicted octanol–water partition coefficient (Wildman–Crippen LogP) is 2.99. The molecule has 2 aromatic carbocycles. The summed E-state index contributed by atoms with van der Waals surface area (Å²) >= 11 is 5.82. The normalized spacial score (nSPS) is 14.8. The summed E-state index contributed by atoms with van der Waals surface area (Å²) in [7, 11) is -3.65. The van der Waals surface area contributed by atoms with Gasteiger partial charge >= 0.3 is 5.97 Å². The molecule has 0 spiro atoms. The first kappa shape index (κ1) is 22.3. The molecule has 7 nitrogen and oxygen atoms in total. The van der Waals surface area contributed by atoms with Gasteiger partial charge in [0.2, 0.25) is 10.0 Å². The van der Waals surface area contributed by atoms with Gasteiger partial charge in [0, 0.05) is 24.7 Å². The van der Waals surface area contributed by atoms with Crippen LogP contribution in [0.25, 0.3) is 0 Å². The van der Waals surface area contributed by atoms with Crippen molar-refractivity contribution in [1.29, 1.82) is 0 Å². The number of nitrogens with zero attached hydrogens (tertiary/aromatic N) is 1. The Morgan fingerprint density at radius 3 is 2.43 bits per heavy atom. The van der Waals surface area contributed by atoms with Crippen molar-refractivity contribution in [3.63, 3.8) is 0 Å². The maximum Gasteiger partial charge on any atom is 0.338 e. The molecule has 1 saturated heterocycles. The highest BCUT2D eigenvalue weighted by Gasteiger charge is 2.26. The Labute approximate surface area is 181 Å². The van der Waals surface area contributed by atoms with E-state index in [1.54, 1.807) is 24.3 Å². The van der Waals surface area contributed by atoms with E-state index >= 15 is 0 Å². The number of nitrogens with one attached hydrogen (secondary N) is 1. The fourth-order valence-electron chi connectivity index (χ4n) is 3.11. The van der Waals surface area contributed by atoms with Crippen LogP contribution >= 0.6 is 11.6 Å². The summed E-state index contributed by atoms with van der Waals surface area (Å²) in [5.41, 5.74) is 0.938. The lowest BCUT2D eigenvalue weighted by molar-refractivity contribution is -0.124. The van der Waals surface area contributed by atoms with Crippen LogP contribution in [0.15, 0.2) is 53.4 Å². The van der Waals surface area contributed by atoms with E-state index in [2.05, 4.69) is 5.32 Å². The monoisotopic (exact) mass is 450 g/mol. The van der Waals surface area contributed by atoms with Crippen LogP contribution in [-0.2, 0) is 26.1 Å². The van der Waals surface area contributed by atoms with Gasteiger partial charge in [-0.1, -0.05) is 36.2 Å². The minimum absolute atomic E-state index is 0.0473. The van der Waals surface area contributed by atoms with Gasteiger partial charge in [-0.15, -0.1) is 0 Å². The standard InChI is InChI=1S/C21H23ClN2O5S/c22-18-9-7-16(8-10-18)14-23-20(25)15-29-21(26)17-5-4-6-19(13-17)30(27,28)24-11-2-1-3-12-24/h4-10,13H,1-3,11-12,14-15H2,(H,23,25). The second kappa shape index (κ2) is 10.1. The zero-order chi connectivity index (χ0) is 21.6. The van der Waals surface area contributed by atoms with Crippen LogP contribution < -0.4 is 5.32 Å². The number of carbonyl (C=O) groups excluding carboxylic acids is 2. The number of esters is 1. The molecule has 9 heteroatoms. The van der Waals surface area contributed by atoms with E-state index in [0.29, 0.717) is 18.1 Å². The fraction of sp³-hybridized carbons (Fsp3) is 0.333. The zero-order valence-corrected chi connectivity index (χ0v) is 17.9. The van der Waals surface area contributed by atoms with Gasteiger partial charge in [-0.2, -0.15) is 4.31 Å². The number of benzene rings is 2. The average molecular weight is 451 g/mol. The molecule has 1 amide bonds. The summed E-state index contributed by atoms with van der Waals surface area (Å²) in [6, 6.07) is 12.7. The SMILES string of the molecule is O=C(COC(=O)c1cccc(S(=O)(=O)N2CCCCC2)c1)NCc1ccc(Cl)cc1. The summed E-state index contributed by atoms with van der Waals surface area (Å²) in [6.45, 7) is 0.766. The Morgan fingerprint density at radius 2 is 1.73 bits per heavy atom. The van der Waals surface area contributed by atoms with Gasteiger partial charge in [0.15, 0.2) is 6.61 Å². The lowest BCUT2D eigenvalue weighted by Crippen LogP contribution is -2.35. The van der Waals surface area contributed by atoms with Gasteiger partial charge in [0.1, 0.15) is 0 Å². The lowest BCUT2D eigenvalue weighted by atomic mass is 10.2. The molecule has 1 heterocycles. The van der Waals surface area contributed by atoms with E-state index in [0.717, 1.165) is 24.8 Å². The minimum Gasteiger partial charge on any atom is -0.452 e. The summed E-state index contributed by atoms with van der Waals surface area (Å²) in [5, 5.41) is 3.24. The summed E-state index contributed by atoms with van der Waals surface area (Å²) in [5.74, 6) is -1.22. The van der Waals surface area contributed by atoms with Crippen LogP contribution in [0.3, 0.4) is 0 Å². The Balaban J connectivity index is 1.55. The Morgan fingerprint density at radius 1 is 1.03 bits per heavy atom. The number of piperidine rings is 1. The molecule has 0 bridgehead atoms. The van der Waals surface area contributed by atoms with Crippen LogP contribution in [0, 0.1) is 0 Å². The minimum atomic E-state index is -3.65. The second-order valence-corrected chi connectivity index (χ2v) is 9.35. The molecule has 160 valence electrons. The molecular weight excluding hydrogens is 428 g/mol. The quantitative estimate of drug-likeness (QED) is 0.654. The van der Waals surface area contributed by atoms with Crippen molar-refractivity contribution < 1.29 is 22.7 Å². The zero-order valence-electron chi connectivity index (χ0n) is 16.3. The van der Waals surface area contributed by atoms with Crippen LogP contribution in [0.2, 0.25) is 5.02 Å². The van der Waals surface area contributed by atoms with Gasteiger partial charge < -0.3 is 10.1 Å². The third kappa shape index (κ3) is 5.81. The van der Waals surface area contributed by atoms with E-state index in [1.807, 2.05) is 0 Å². The summed E-state index contributed by atoms with van der Waals surface area (Å²) in [6.07, 6.45) is 2.66. The molecular formula is C21H23ClN2O5S. The molecule has 1 aliphatic heterocycles. The van der Waals surface area contributed by atoms with Crippen molar-refractivity contribution in [2.75, 3.05) is 19.7 Å². The highest BCUT2D eigenvalue weighted by molar-refractivity contribution is 7.89. The van der Waals surface area contributed by atoms with Crippen LogP contribution in [0.1, 0.15) is 35.2 Å². The molecule has 0 radical (unpaired) electrons. The van der Waals surface area contributed by atoms with E-state index < -0.39 is 28.5 Å². The van der Waals surface area contributed by atoms with Crippen LogP contribution in [0.5, 0.6) is 0 Å². The van der Waals surface area contributed by atoms with Crippen molar-refractivity contribution in [3.8, 4) is 0 Å². The number of hydrogen-bond donors (Lipinski definition) is 1. The van der Waals surface area contributed by atoms with Gasteiger partial charge in [-0.3, -0.25) is 4.79 Å². The topological polar surface area (TPSA) is 92.8 Å². The Kier molecular flexibility index (Phi) is 7.47. The number of rotatable bonds is 7. The van der Waals surface area contributed by atoms with Gasteiger partial charge in [-0.05, 0) is 48.7 Å². The van der Waals surface area contributed by atoms with Crippen LogP contribution in [0.4, 0.5) is 0 Å². The average Bonchev–Trinajstić information content (AvgIpc) is 2.77. The largest absolute Gasteiger partial charge is 0.452 e. The van der Waals surface area contributed by atoms with E-state index in [-0.39, 0.29) is 17.0 Å². The number of carbonyl (C=O) groups is 2. The molecule has 0 unspecified atom stereocenters. The van der Waals surface area contributed by atoms with Gasteiger partial charge in [0.05, 0.1) is 10.5 Å². The highest BCUT2D eigenvalue weighted by atomic mass is 35.5. The molecule has 0 saturated carbocycles. The number of hydrogen-bond acceptors (Lipinski definition) is 5. The third-order valence-electron chi connectivity index (χ3n) is 4.76. The Bertz CT molecular complexity index is 1000. The number of sulfonamides is 1. The van der Waals surface area contributed by atoms with Crippen LogP contribution in [-0.4, -0.2) is 44.3 Å². The first-order chi connectivity index (χ1) is 14.4. The lowest BCUT2D eigenvalue weighted by Gasteiger charge is -2.25. The number of ether oxygens (including phenoxy) is 1. The smallest absolute Gasteiger partial charge is 0.338 e. The number of amides is 1. The summed E-state index contributed by atoms with van der Waals surface area (Å²) < 4.78 is 32.0. The first-order valence-corrected chi connectivity index (χ1v) is 11.5. The Hall–Kier alpha value is -2.42. The van der Waals surface area contributed by atoms with Crippen molar-refractivity contribution in [2.24, 2.45) is 0 Å². The molecule has 0 aromatic heterocycles. The van der Waals surface area contributed by atoms with E-state index in [1.165, 1.54) is 28.6 Å². The van der Waals surface area contributed by atoms with Gasteiger partial charge in [0.25, 0.3) is 5.91 Å². The van der Waals surface area contributed by atoms with Crippen molar-refractivity contribution in [3.05, 3.63) is 64.7 Å². The van der Waals surface area contributed by atoms with E-state index in [9.17, 15) is 18.0 Å². The van der Waals surface area contributed by atoms with Crippen molar-refractivity contribution >= 4 is 33.5 Å². The van der Waals surface area contributed by atoms with Crippen molar-refractivity contribution in [2.45, 2.75) is 30.7 Å². The molecule has 3 rings (SSSR count). The highest BCUT2D eigenvalue weighted by Crippen LogP contribution is 2.21. The number of halogens is 1. The molecule has 1 aliphatic rings. The van der Waals surface area contributed by atoms with Crippen molar-refractivity contribution in [1.82, 2.24) is 9.62 Å². The molecule has 0 atom stereocenters. The molecule has 2 aromatic rings. The molecule has 0 aliphatic carbocycles. The molecule has 1 fully saturated rings. The third-order valence-corrected chi connectivity index (χ3v) is 6.91. The predicted molar refractivity (Wildman–Crippen MR) is 113 cm³/mol. The first-order valence-electron chi connectivity index (χ1n) is 9.65.